The maximum absolute atomic E-state index is 11.8. The van der Waals surface area contributed by atoms with Gasteiger partial charge in [0.05, 0.1) is 27.4 Å². The second-order valence-corrected chi connectivity index (χ2v) is 8.10. The highest BCUT2D eigenvalue weighted by atomic mass is 32.2. The molecule has 1 N–H and O–H groups in total. The van der Waals surface area contributed by atoms with Gasteiger partial charge >= 0.3 is 5.17 Å². The van der Waals surface area contributed by atoms with Gasteiger partial charge in [-0.3, -0.25) is 0 Å². The lowest BCUT2D eigenvalue weighted by Gasteiger charge is -2.24. The van der Waals surface area contributed by atoms with Gasteiger partial charge in [-0.05, 0) is 61.5 Å². The molecular formula is C22H27N2O4S+. The Kier molecular flexibility index (Phi) is 5.61. The number of nitrogens with zero attached hydrogens (tertiary/aromatic N) is 2. The molecule has 154 valence electrons. The van der Waals surface area contributed by atoms with E-state index in [0.717, 1.165) is 52.4 Å². The van der Waals surface area contributed by atoms with Crippen molar-refractivity contribution in [2.45, 2.75) is 19.1 Å². The maximum atomic E-state index is 11.8. The average molecular weight is 416 g/mol. The van der Waals surface area contributed by atoms with Crippen LogP contribution in [-0.4, -0.2) is 54.5 Å². The van der Waals surface area contributed by atoms with E-state index in [1.807, 2.05) is 49.4 Å². The van der Waals surface area contributed by atoms with Crippen molar-refractivity contribution in [1.29, 1.82) is 0 Å². The first-order valence-electron chi connectivity index (χ1n) is 9.83. The molecule has 0 amide bonds. The van der Waals surface area contributed by atoms with E-state index in [2.05, 4.69) is 9.48 Å². The van der Waals surface area contributed by atoms with Crippen molar-refractivity contribution in [3.8, 4) is 17.2 Å². The van der Waals surface area contributed by atoms with Crippen molar-refractivity contribution in [3.63, 3.8) is 0 Å². The number of benzene rings is 2. The molecule has 0 bridgehead atoms. The van der Waals surface area contributed by atoms with Gasteiger partial charge in [-0.15, -0.1) is 0 Å². The molecule has 2 heterocycles. The molecule has 0 fully saturated rings. The van der Waals surface area contributed by atoms with Crippen LogP contribution in [0.3, 0.4) is 0 Å². The van der Waals surface area contributed by atoms with Gasteiger partial charge in [0.2, 0.25) is 0 Å². The summed E-state index contributed by atoms with van der Waals surface area (Å²) in [4.78, 5) is 2.14. The number of ether oxygens (including phenoxy) is 3. The predicted octanol–water partition coefficient (Wildman–Crippen LogP) is 3.27. The summed E-state index contributed by atoms with van der Waals surface area (Å²) in [7, 11) is 3.32. The molecule has 2 aromatic carbocycles. The molecule has 6 nitrogen and oxygen atoms in total. The van der Waals surface area contributed by atoms with Crippen LogP contribution >= 0.6 is 11.8 Å². The highest BCUT2D eigenvalue weighted by Gasteiger charge is 2.53. The lowest BCUT2D eigenvalue weighted by molar-refractivity contribution is -0.656. The van der Waals surface area contributed by atoms with Crippen LogP contribution in [0.5, 0.6) is 17.2 Å². The summed E-state index contributed by atoms with van der Waals surface area (Å²) in [6.45, 7) is 3.79. The fourth-order valence-corrected chi connectivity index (χ4v) is 5.10. The highest BCUT2D eigenvalue weighted by molar-refractivity contribution is 8.13. The summed E-state index contributed by atoms with van der Waals surface area (Å²) in [6.07, 6.45) is 1.02. The molecule has 4 rings (SSSR count). The lowest BCUT2D eigenvalue weighted by Crippen LogP contribution is -2.41. The van der Waals surface area contributed by atoms with Gasteiger partial charge in [-0.25, -0.2) is 9.48 Å². The number of amidine groups is 1. The summed E-state index contributed by atoms with van der Waals surface area (Å²) in [5.74, 6) is 3.33. The SMILES string of the molecule is CCOc1ccc([C@]2(O)CN(c3cc(OC)ccc3OC)C3=[N+]2CCCS3)cc1. The first-order valence-corrected chi connectivity index (χ1v) is 10.8. The zero-order valence-electron chi connectivity index (χ0n) is 17.1. The minimum atomic E-state index is -1.12. The number of thioether (sulfide) groups is 1. The Hall–Kier alpha value is -2.38. The van der Waals surface area contributed by atoms with Crippen molar-refractivity contribution in [3.05, 3.63) is 48.0 Å². The highest BCUT2D eigenvalue weighted by Crippen LogP contribution is 2.42. The zero-order chi connectivity index (χ0) is 20.4. The number of rotatable bonds is 6. The predicted molar refractivity (Wildman–Crippen MR) is 116 cm³/mol. The van der Waals surface area contributed by atoms with Gasteiger partial charge in [0, 0.05) is 17.4 Å². The van der Waals surface area contributed by atoms with Gasteiger partial charge in [0.1, 0.15) is 11.5 Å². The van der Waals surface area contributed by atoms with Gasteiger partial charge < -0.3 is 19.3 Å². The number of hydrogen-bond acceptors (Lipinski definition) is 6. The molecule has 0 aliphatic carbocycles. The van der Waals surface area contributed by atoms with Crippen LogP contribution in [0.2, 0.25) is 0 Å². The van der Waals surface area contributed by atoms with Crippen molar-refractivity contribution >= 4 is 22.6 Å². The third kappa shape index (κ3) is 3.53. The average Bonchev–Trinajstić information content (AvgIpc) is 3.08. The minimum Gasteiger partial charge on any atom is -0.497 e. The molecule has 0 saturated carbocycles. The molecule has 0 spiro atoms. The third-order valence-electron chi connectivity index (χ3n) is 5.35. The summed E-state index contributed by atoms with van der Waals surface area (Å²) >= 11 is 1.77. The van der Waals surface area contributed by atoms with Crippen LogP contribution in [0.15, 0.2) is 42.5 Å². The van der Waals surface area contributed by atoms with Crippen LogP contribution in [-0.2, 0) is 5.72 Å². The van der Waals surface area contributed by atoms with Gasteiger partial charge in [0.15, 0.2) is 18.0 Å². The van der Waals surface area contributed by atoms with Crippen molar-refractivity contribution in [2.75, 3.05) is 44.6 Å². The van der Waals surface area contributed by atoms with Crippen molar-refractivity contribution in [1.82, 2.24) is 0 Å². The summed E-state index contributed by atoms with van der Waals surface area (Å²) in [5.41, 5.74) is 0.620. The second-order valence-electron chi connectivity index (χ2n) is 7.03. The molecule has 1 atom stereocenters. The van der Waals surface area contributed by atoms with E-state index >= 15 is 0 Å². The van der Waals surface area contributed by atoms with E-state index in [1.54, 1.807) is 26.0 Å². The Morgan fingerprint density at radius 2 is 1.86 bits per heavy atom. The van der Waals surface area contributed by atoms with Crippen LogP contribution in [0.1, 0.15) is 18.9 Å². The molecule has 2 aliphatic rings. The first-order chi connectivity index (χ1) is 14.1. The van der Waals surface area contributed by atoms with Crippen LogP contribution < -0.4 is 19.1 Å². The third-order valence-corrected chi connectivity index (χ3v) is 6.54. The van der Waals surface area contributed by atoms with Crippen LogP contribution in [0.25, 0.3) is 0 Å². The van der Waals surface area contributed by atoms with E-state index in [4.69, 9.17) is 14.2 Å². The number of aliphatic hydroxyl groups is 1. The van der Waals surface area contributed by atoms with Gasteiger partial charge in [-0.2, -0.15) is 0 Å². The van der Waals surface area contributed by atoms with Crippen molar-refractivity contribution in [2.24, 2.45) is 0 Å². The summed E-state index contributed by atoms with van der Waals surface area (Å²) in [6, 6.07) is 13.5. The quantitative estimate of drug-likeness (QED) is 0.731. The molecule has 0 aromatic heterocycles. The first kappa shape index (κ1) is 19.9. The second kappa shape index (κ2) is 8.16. The number of hydrogen-bond donors (Lipinski definition) is 1. The smallest absolute Gasteiger partial charge is 0.316 e. The van der Waals surface area contributed by atoms with E-state index in [9.17, 15) is 5.11 Å². The number of methoxy groups -OCH3 is 2. The minimum absolute atomic E-state index is 0.410. The van der Waals surface area contributed by atoms with E-state index in [1.165, 1.54) is 0 Å². The molecule has 0 saturated heterocycles. The fourth-order valence-electron chi connectivity index (χ4n) is 3.93. The van der Waals surface area contributed by atoms with Gasteiger partial charge in [0.25, 0.3) is 5.72 Å². The van der Waals surface area contributed by atoms with Gasteiger partial charge in [-0.1, -0.05) is 0 Å². The molecule has 7 heteroatoms. The molecule has 2 aromatic rings. The molecular weight excluding hydrogens is 388 g/mol. The maximum Gasteiger partial charge on any atom is 0.316 e. The van der Waals surface area contributed by atoms with Crippen LogP contribution in [0, 0.1) is 0 Å². The number of β-amino-alcohol motifs (C(OH)–C–C–N with tert-alkyl or cyclic N) is 1. The molecule has 0 unspecified atom stereocenters. The summed E-state index contributed by atoms with van der Waals surface area (Å²) < 4.78 is 18.7. The van der Waals surface area contributed by atoms with Crippen molar-refractivity contribution < 1.29 is 23.9 Å². The molecule has 0 radical (unpaired) electrons. The van der Waals surface area contributed by atoms with E-state index in [-0.39, 0.29) is 0 Å². The van der Waals surface area contributed by atoms with Crippen LogP contribution in [0.4, 0.5) is 5.69 Å². The Balaban J connectivity index is 1.77. The normalized spacial score (nSPS) is 21.2. The number of anilines is 1. The summed E-state index contributed by atoms with van der Waals surface area (Å²) in [5, 5.41) is 12.9. The van der Waals surface area contributed by atoms with E-state index in [0.29, 0.717) is 13.2 Å². The Bertz CT molecular complexity index is 916. The molecule has 29 heavy (non-hydrogen) atoms. The standard InChI is InChI=1S/C22H27N2O4S/c1-4-28-17-8-6-16(7-9-17)22(25)15-23(21-24(22)12-5-13-29-21)19-14-18(26-2)10-11-20(19)27-3/h6-11,14,25H,4-5,12-13,15H2,1-3H3/q+1/t22-/m1/s1. The Morgan fingerprint density at radius 3 is 2.55 bits per heavy atom. The van der Waals surface area contributed by atoms with E-state index < -0.39 is 5.72 Å². The Labute approximate surface area is 175 Å². The monoisotopic (exact) mass is 415 g/mol. The fraction of sp³-hybridized carbons (Fsp3) is 0.409. The largest absolute Gasteiger partial charge is 0.497 e. The lowest BCUT2D eigenvalue weighted by atomic mass is 10.0. The zero-order valence-corrected chi connectivity index (χ0v) is 17.9. The Morgan fingerprint density at radius 1 is 1.10 bits per heavy atom. The topological polar surface area (TPSA) is 54.2 Å². The molecule has 2 aliphatic heterocycles.